The molecule has 0 fully saturated rings. The van der Waals surface area contributed by atoms with Gasteiger partial charge in [-0.2, -0.15) is 0 Å². The van der Waals surface area contributed by atoms with E-state index in [4.69, 9.17) is 0 Å². The summed E-state index contributed by atoms with van der Waals surface area (Å²) in [7, 11) is -2.22. The van der Waals surface area contributed by atoms with Gasteiger partial charge in [0, 0.05) is 56.3 Å². The number of fused-ring (bicyclic) bond motifs is 6. The van der Waals surface area contributed by atoms with Gasteiger partial charge >= 0.3 is 0 Å². The van der Waals surface area contributed by atoms with Crippen LogP contribution >= 0.6 is 0 Å². The molecule has 3 aliphatic heterocycles. The molecule has 67 heavy (non-hydrogen) atoms. The Labute approximate surface area is 395 Å². The molecular weight excluding hydrogens is 826 g/mol. The fourth-order valence-corrected chi connectivity index (χ4v) is 16.5. The predicted molar refractivity (Wildman–Crippen MR) is 287 cm³/mol. The summed E-state index contributed by atoms with van der Waals surface area (Å²) in [5.41, 5.74) is 25.8. The fraction of sp³-hybridized carbons (Fsp3) is 0.129. The molecular formula is C62H50BN3Si. The van der Waals surface area contributed by atoms with Crippen LogP contribution < -0.4 is 41.5 Å². The maximum absolute atomic E-state index is 2.65. The van der Waals surface area contributed by atoms with Crippen LogP contribution in [-0.2, 0) is 10.8 Å². The molecule has 5 aliphatic rings. The summed E-state index contributed by atoms with van der Waals surface area (Å²) < 4.78 is 0. The molecule has 0 radical (unpaired) electrons. The second-order valence-electron chi connectivity index (χ2n) is 20.9. The van der Waals surface area contributed by atoms with Crippen LogP contribution in [-0.4, -0.2) is 14.8 Å². The summed E-state index contributed by atoms with van der Waals surface area (Å²) in [6.07, 6.45) is 0. The van der Waals surface area contributed by atoms with Gasteiger partial charge in [-0.1, -0.05) is 172 Å². The molecule has 0 saturated heterocycles. The van der Waals surface area contributed by atoms with Crippen LogP contribution in [0.3, 0.4) is 0 Å². The molecule has 0 N–H and O–H groups in total. The van der Waals surface area contributed by atoms with Crippen molar-refractivity contribution >= 4 is 92.7 Å². The molecule has 0 atom stereocenters. The van der Waals surface area contributed by atoms with E-state index < -0.39 is 8.07 Å². The molecule has 320 valence electrons. The quantitative estimate of drug-likeness (QED) is 0.160. The first-order chi connectivity index (χ1) is 32.5. The van der Waals surface area contributed by atoms with Crippen LogP contribution in [0, 0.1) is 0 Å². The smallest absolute Gasteiger partial charge is 0.251 e. The lowest BCUT2D eigenvalue weighted by atomic mass is 9.33. The van der Waals surface area contributed by atoms with Gasteiger partial charge in [-0.25, -0.2) is 0 Å². The van der Waals surface area contributed by atoms with Crippen molar-refractivity contribution in [2.45, 2.75) is 51.6 Å². The fourth-order valence-electron chi connectivity index (χ4n) is 13.3. The second kappa shape index (κ2) is 13.4. The zero-order valence-electron chi connectivity index (χ0n) is 38.9. The molecule has 0 spiro atoms. The monoisotopic (exact) mass is 875 g/mol. The van der Waals surface area contributed by atoms with Crippen LogP contribution in [0.4, 0.5) is 51.2 Å². The molecule has 3 nitrogen and oxygen atoms in total. The van der Waals surface area contributed by atoms with Crippen molar-refractivity contribution in [3.63, 3.8) is 0 Å². The third-order valence-electron chi connectivity index (χ3n) is 16.4. The first-order valence-electron chi connectivity index (χ1n) is 24.0. The maximum atomic E-state index is 2.65. The minimum absolute atomic E-state index is 0.0802. The van der Waals surface area contributed by atoms with E-state index >= 15 is 0 Å². The summed E-state index contributed by atoms with van der Waals surface area (Å²) in [6.45, 7) is 14.9. The van der Waals surface area contributed by atoms with Crippen molar-refractivity contribution in [2.24, 2.45) is 0 Å². The minimum atomic E-state index is -2.22. The van der Waals surface area contributed by atoms with Crippen molar-refractivity contribution in [3.05, 3.63) is 216 Å². The average molecular weight is 876 g/mol. The lowest BCUT2D eigenvalue weighted by Gasteiger charge is -2.50. The second-order valence-corrected chi connectivity index (χ2v) is 25.2. The lowest BCUT2D eigenvalue weighted by molar-refractivity contribution is 0.660. The third-order valence-corrected chi connectivity index (χ3v) is 20.0. The molecule has 0 aromatic heterocycles. The Morgan fingerprint density at radius 2 is 0.791 bits per heavy atom. The standard InChI is InChI=1S/C62H50BN3Si/c1-61(2)48-25-15-13-23-44(48)46-33-31-41(35-50(46)61)65-52-27-17-29-56-59(52)63-58-54(65)37-43(64(39-19-9-7-10-20-39)40-21-11-8-12-22-40)38-55(58)66(53-28-18-30-57(60(53)63)67(56,5)6)42-32-34-47-45-24-14-16-26-49(45)62(3,4)51(47)36-42/h7-38H,1-6H3. The minimum Gasteiger partial charge on any atom is -0.311 e. The molecule has 0 unspecified atom stereocenters. The average Bonchev–Trinajstić information content (AvgIpc) is 3.72. The highest BCUT2D eigenvalue weighted by molar-refractivity contribution is 7.16. The molecule has 9 aromatic rings. The number of nitrogens with zero attached hydrogens (tertiary/aromatic N) is 3. The van der Waals surface area contributed by atoms with E-state index in [1.54, 1.807) is 10.4 Å². The van der Waals surface area contributed by atoms with Gasteiger partial charge in [0.1, 0.15) is 8.07 Å². The molecule has 0 saturated carbocycles. The number of hydrogen-bond donors (Lipinski definition) is 0. The van der Waals surface area contributed by atoms with Gasteiger partial charge in [-0.05, 0) is 134 Å². The Hall–Kier alpha value is -7.34. The maximum Gasteiger partial charge on any atom is 0.251 e. The van der Waals surface area contributed by atoms with Crippen molar-refractivity contribution in [2.75, 3.05) is 14.7 Å². The summed E-state index contributed by atoms with van der Waals surface area (Å²) in [4.78, 5) is 7.75. The highest BCUT2D eigenvalue weighted by Gasteiger charge is 2.52. The zero-order valence-corrected chi connectivity index (χ0v) is 39.9. The summed E-state index contributed by atoms with van der Waals surface area (Å²) >= 11 is 0. The summed E-state index contributed by atoms with van der Waals surface area (Å²) in [6, 6.07) is 73.9. The number of benzene rings is 9. The first kappa shape index (κ1) is 38.9. The van der Waals surface area contributed by atoms with Gasteiger partial charge < -0.3 is 14.7 Å². The van der Waals surface area contributed by atoms with E-state index in [0.29, 0.717) is 0 Å². The van der Waals surface area contributed by atoms with E-state index in [2.05, 4.69) is 250 Å². The first-order valence-corrected chi connectivity index (χ1v) is 27.0. The number of rotatable bonds is 5. The largest absolute Gasteiger partial charge is 0.311 e. The predicted octanol–water partition coefficient (Wildman–Crippen LogP) is 13.0. The van der Waals surface area contributed by atoms with Gasteiger partial charge in [0.15, 0.2) is 0 Å². The Morgan fingerprint density at radius 3 is 1.25 bits per heavy atom. The summed E-state index contributed by atoms with van der Waals surface area (Å²) in [5, 5.41) is 3.08. The molecule has 0 amide bonds. The van der Waals surface area contributed by atoms with Gasteiger partial charge in [-0.3, -0.25) is 0 Å². The normalized spacial score (nSPS) is 16.2. The Balaban J connectivity index is 1.10. The van der Waals surface area contributed by atoms with E-state index in [1.165, 1.54) is 95.0 Å². The highest BCUT2D eigenvalue weighted by Crippen LogP contribution is 2.54. The topological polar surface area (TPSA) is 9.72 Å². The number of para-hydroxylation sites is 2. The Morgan fingerprint density at radius 1 is 0.373 bits per heavy atom. The SMILES string of the molecule is CC1(C)c2ccccc2-c2ccc(N3c4cc(N(c5ccccc5)c5ccccc5)cc5c4B4c6c3cccc6[Si](C)(C)c3cccc(c34)N5c3ccc4c(c3)C(C)(C)c3ccccc3-4)cc21. The third kappa shape index (κ3) is 5.07. The molecule has 0 bridgehead atoms. The number of anilines is 9. The van der Waals surface area contributed by atoms with Crippen molar-refractivity contribution in [3.8, 4) is 22.3 Å². The van der Waals surface area contributed by atoms with Gasteiger partial charge in [0.05, 0.1) is 5.69 Å². The molecule has 9 aromatic carbocycles. The van der Waals surface area contributed by atoms with Gasteiger partial charge in [-0.15, -0.1) is 0 Å². The molecule has 5 heteroatoms. The van der Waals surface area contributed by atoms with Crippen molar-refractivity contribution in [1.82, 2.24) is 0 Å². The zero-order chi connectivity index (χ0) is 45.1. The molecule has 3 heterocycles. The van der Waals surface area contributed by atoms with E-state index in [9.17, 15) is 0 Å². The van der Waals surface area contributed by atoms with E-state index in [-0.39, 0.29) is 17.5 Å². The van der Waals surface area contributed by atoms with E-state index in [1.807, 2.05) is 0 Å². The highest BCUT2D eigenvalue weighted by atomic mass is 28.3. The van der Waals surface area contributed by atoms with Crippen molar-refractivity contribution < 1.29 is 0 Å². The van der Waals surface area contributed by atoms with Crippen LogP contribution in [0.15, 0.2) is 194 Å². The van der Waals surface area contributed by atoms with Gasteiger partial charge in [0.2, 0.25) is 0 Å². The van der Waals surface area contributed by atoms with Crippen LogP contribution in [0.1, 0.15) is 49.9 Å². The Kier molecular flexibility index (Phi) is 7.78. The van der Waals surface area contributed by atoms with E-state index in [0.717, 1.165) is 17.1 Å². The van der Waals surface area contributed by atoms with Crippen LogP contribution in [0.25, 0.3) is 22.3 Å². The van der Waals surface area contributed by atoms with Gasteiger partial charge in [0.25, 0.3) is 6.71 Å². The lowest BCUT2D eigenvalue weighted by Crippen LogP contribution is -2.79. The Bertz CT molecular complexity index is 3360. The number of hydrogen-bond acceptors (Lipinski definition) is 3. The van der Waals surface area contributed by atoms with Crippen molar-refractivity contribution in [1.29, 1.82) is 0 Å². The molecule has 14 rings (SSSR count). The summed E-state index contributed by atoms with van der Waals surface area (Å²) in [5.74, 6) is 0. The molecule has 2 aliphatic carbocycles. The van der Waals surface area contributed by atoms with Crippen LogP contribution in [0.2, 0.25) is 13.1 Å². The van der Waals surface area contributed by atoms with Crippen LogP contribution in [0.5, 0.6) is 0 Å².